The van der Waals surface area contributed by atoms with Crippen LogP contribution in [-0.2, 0) is 11.3 Å². The highest BCUT2D eigenvalue weighted by Crippen LogP contribution is 2.22. The van der Waals surface area contributed by atoms with Gasteiger partial charge in [-0.25, -0.2) is 0 Å². The molecule has 1 aliphatic rings. The van der Waals surface area contributed by atoms with Gasteiger partial charge >= 0.3 is 0 Å². The van der Waals surface area contributed by atoms with E-state index in [0.717, 1.165) is 23.7 Å². The number of ether oxygens (including phenoxy) is 1. The van der Waals surface area contributed by atoms with Crippen LogP contribution < -0.4 is 20.3 Å². The van der Waals surface area contributed by atoms with Crippen molar-refractivity contribution >= 4 is 17.3 Å². The van der Waals surface area contributed by atoms with Crippen molar-refractivity contribution in [2.24, 2.45) is 0 Å². The third kappa shape index (κ3) is 4.97. The van der Waals surface area contributed by atoms with Gasteiger partial charge in [0.25, 0.3) is 0 Å². The van der Waals surface area contributed by atoms with E-state index in [-0.39, 0.29) is 12.5 Å². The van der Waals surface area contributed by atoms with Crippen LogP contribution in [0.3, 0.4) is 0 Å². The lowest BCUT2D eigenvalue weighted by atomic mass is 10.2. The van der Waals surface area contributed by atoms with Gasteiger partial charge in [0.1, 0.15) is 12.3 Å². The third-order valence-electron chi connectivity index (χ3n) is 4.55. The van der Waals surface area contributed by atoms with Gasteiger partial charge in [-0.05, 0) is 24.3 Å². The van der Waals surface area contributed by atoms with Crippen molar-refractivity contribution in [3.8, 4) is 5.75 Å². The summed E-state index contributed by atoms with van der Waals surface area (Å²) in [5.74, 6) is 0.646. The van der Waals surface area contributed by atoms with Crippen molar-refractivity contribution in [3.05, 3.63) is 54.1 Å². The molecule has 25 heavy (non-hydrogen) atoms. The first-order valence-electron chi connectivity index (χ1n) is 8.84. The van der Waals surface area contributed by atoms with Crippen LogP contribution in [0.5, 0.6) is 5.75 Å². The molecule has 2 aromatic carbocycles. The molecule has 1 saturated heterocycles. The normalized spacial score (nSPS) is 14.3. The number of hydrogen-bond donors (Lipinski definition) is 3. The van der Waals surface area contributed by atoms with E-state index in [9.17, 15) is 4.79 Å². The van der Waals surface area contributed by atoms with Crippen molar-refractivity contribution in [3.63, 3.8) is 0 Å². The van der Waals surface area contributed by atoms with Gasteiger partial charge < -0.3 is 20.3 Å². The number of rotatable bonds is 7. The average molecular weight is 340 g/mol. The van der Waals surface area contributed by atoms with Crippen molar-refractivity contribution in [1.29, 1.82) is 0 Å². The second-order valence-corrected chi connectivity index (χ2v) is 6.43. The Bertz CT molecular complexity index is 694. The number of carbonyl (C=O) groups is 1. The minimum absolute atomic E-state index is 0.0798. The first-order valence-corrected chi connectivity index (χ1v) is 8.84. The molecule has 0 unspecified atom stereocenters. The highest BCUT2D eigenvalue weighted by molar-refractivity contribution is 5.93. The Kier molecular flexibility index (Phi) is 5.90. The fourth-order valence-electron chi connectivity index (χ4n) is 3.22. The molecule has 0 aliphatic carbocycles. The predicted octanol–water partition coefficient (Wildman–Crippen LogP) is 1.92. The molecule has 5 nitrogen and oxygen atoms in total. The number of amides is 1. The van der Waals surface area contributed by atoms with Crippen LogP contribution >= 0.6 is 0 Å². The van der Waals surface area contributed by atoms with Crippen LogP contribution in [0.25, 0.3) is 0 Å². The molecule has 132 valence electrons. The molecule has 1 amide bonds. The number of likely N-dealkylation sites (tertiary alicyclic amines) is 1. The molecule has 2 aromatic rings. The van der Waals surface area contributed by atoms with Gasteiger partial charge in [0, 0.05) is 24.1 Å². The molecule has 5 heteroatoms. The van der Waals surface area contributed by atoms with Crippen molar-refractivity contribution < 1.29 is 14.4 Å². The smallest absolute Gasteiger partial charge is 0.243 e. The van der Waals surface area contributed by atoms with Gasteiger partial charge in [-0.2, -0.15) is 0 Å². The van der Waals surface area contributed by atoms with Gasteiger partial charge in [-0.1, -0.05) is 24.3 Å². The summed E-state index contributed by atoms with van der Waals surface area (Å²) in [5, 5.41) is 6.02. The van der Waals surface area contributed by atoms with E-state index < -0.39 is 0 Å². The summed E-state index contributed by atoms with van der Waals surface area (Å²) in [4.78, 5) is 13.8. The molecule has 0 atom stereocenters. The molecular weight excluding hydrogens is 314 g/mol. The van der Waals surface area contributed by atoms with Crippen LogP contribution in [0, 0.1) is 0 Å². The van der Waals surface area contributed by atoms with E-state index in [2.05, 4.69) is 22.8 Å². The Labute approximate surface area is 149 Å². The van der Waals surface area contributed by atoms with E-state index in [1.807, 2.05) is 36.4 Å². The maximum absolute atomic E-state index is 12.1. The standard InChI is InChI=1S/C20H25N3O2/c1-25-19-7-3-2-6-18(19)21-14-20(24)22-17-10-8-16(9-11-17)15-23-12-4-5-13-23/h2-3,6-11,21H,4-5,12-15H2,1H3,(H,22,24)/p+1. The third-order valence-corrected chi connectivity index (χ3v) is 4.55. The van der Waals surface area contributed by atoms with E-state index in [1.165, 1.54) is 31.5 Å². The summed E-state index contributed by atoms with van der Waals surface area (Å²) < 4.78 is 5.27. The second-order valence-electron chi connectivity index (χ2n) is 6.43. The molecule has 1 heterocycles. The number of anilines is 2. The largest absolute Gasteiger partial charge is 0.495 e. The maximum atomic E-state index is 12.1. The summed E-state index contributed by atoms with van der Waals surface area (Å²) in [6.07, 6.45) is 2.67. The number of nitrogens with one attached hydrogen (secondary N) is 3. The molecule has 0 saturated carbocycles. The summed E-state index contributed by atoms with van der Waals surface area (Å²) in [5.41, 5.74) is 2.96. The zero-order valence-electron chi connectivity index (χ0n) is 14.7. The van der Waals surface area contributed by atoms with Crippen LogP contribution in [0.4, 0.5) is 11.4 Å². The number of benzene rings is 2. The average Bonchev–Trinajstić information content (AvgIpc) is 3.15. The summed E-state index contributed by atoms with van der Waals surface area (Å²) in [6, 6.07) is 15.7. The van der Waals surface area contributed by atoms with Gasteiger partial charge in [-0.15, -0.1) is 0 Å². The zero-order chi connectivity index (χ0) is 17.5. The molecule has 0 radical (unpaired) electrons. The lowest BCUT2D eigenvalue weighted by molar-refractivity contribution is -0.901. The molecule has 0 spiro atoms. The van der Waals surface area contributed by atoms with Crippen LogP contribution in [0.15, 0.2) is 48.5 Å². The highest BCUT2D eigenvalue weighted by atomic mass is 16.5. The molecule has 3 N–H and O–H groups in total. The molecular formula is C20H26N3O2+. The SMILES string of the molecule is COc1ccccc1NCC(=O)Nc1ccc(C[NH+]2CCCC2)cc1. The lowest BCUT2D eigenvalue weighted by Crippen LogP contribution is -3.08. The van der Waals surface area contributed by atoms with Crippen molar-refractivity contribution in [2.75, 3.05) is 37.4 Å². The Morgan fingerprint density at radius 1 is 1.08 bits per heavy atom. The summed E-state index contributed by atoms with van der Waals surface area (Å²) >= 11 is 0. The molecule has 3 rings (SSSR count). The fraction of sp³-hybridized carbons (Fsp3) is 0.350. The molecule has 0 bridgehead atoms. The van der Waals surface area contributed by atoms with Gasteiger partial charge in [0.2, 0.25) is 5.91 Å². The number of carbonyl (C=O) groups excluding carboxylic acids is 1. The number of quaternary nitrogens is 1. The van der Waals surface area contributed by atoms with Crippen molar-refractivity contribution in [2.45, 2.75) is 19.4 Å². The first kappa shape index (κ1) is 17.3. The second kappa shape index (κ2) is 8.53. The predicted molar refractivity (Wildman–Crippen MR) is 100 cm³/mol. The highest BCUT2D eigenvalue weighted by Gasteiger charge is 2.15. The van der Waals surface area contributed by atoms with Crippen LogP contribution in [0.2, 0.25) is 0 Å². The monoisotopic (exact) mass is 340 g/mol. The van der Waals surface area contributed by atoms with Gasteiger partial charge in [0.05, 0.1) is 32.4 Å². The van der Waals surface area contributed by atoms with E-state index in [1.54, 1.807) is 12.0 Å². The minimum atomic E-state index is -0.0798. The van der Waals surface area contributed by atoms with E-state index in [0.29, 0.717) is 0 Å². The Hall–Kier alpha value is -2.53. The Balaban J connectivity index is 1.49. The van der Waals surface area contributed by atoms with Gasteiger partial charge in [-0.3, -0.25) is 4.79 Å². The summed E-state index contributed by atoms with van der Waals surface area (Å²) in [6.45, 7) is 3.81. The van der Waals surface area contributed by atoms with Crippen LogP contribution in [0.1, 0.15) is 18.4 Å². The lowest BCUT2D eigenvalue weighted by Gasteiger charge is -2.13. The van der Waals surface area contributed by atoms with E-state index in [4.69, 9.17) is 4.74 Å². The number of hydrogen-bond acceptors (Lipinski definition) is 3. The zero-order valence-corrected chi connectivity index (χ0v) is 14.7. The maximum Gasteiger partial charge on any atom is 0.243 e. The molecule has 1 fully saturated rings. The Morgan fingerprint density at radius 3 is 2.52 bits per heavy atom. The van der Waals surface area contributed by atoms with Gasteiger partial charge in [0.15, 0.2) is 0 Å². The quantitative estimate of drug-likeness (QED) is 0.722. The number of para-hydroxylation sites is 2. The Morgan fingerprint density at radius 2 is 1.80 bits per heavy atom. The fourth-order valence-corrected chi connectivity index (χ4v) is 3.22. The van der Waals surface area contributed by atoms with Crippen molar-refractivity contribution in [1.82, 2.24) is 0 Å². The minimum Gasteiger partial charge on any atom is -0.495 e. The number of methoxy groups -OCH3 is 1. The topological polar surface area (TPSA) is 54.8 Å². The molecule has 0 aromatic heterocycles. The molecule has 1 aliphatic heterocycles. The van der Waals surface area contributed by atoms with E-state index >= 15 is 0 Å². The first-order chi connectivity index (χ1) is 12.2. The van der Waals surface area contributed by atoms with Crippen LogP contribution in [-0.4, -0.2) is 32.7 Å². The summed E-state index contributed by atoms with van der Waals surface area (Å²) in [7, 11) is 1.62.